The molecule has 0 bridgehead atoms. The van der Waals surface area contributed by atoms with E-state index in [1.54, 1.807) is 26.8 Å². The minimum Gasteiger partial charge on any atom is -0.498 e. The summed E-state index contributed by atoms with van der Waals surface area (Å²) in [4.78, 5) is 4.73. The van der Waals surface area contributed by atoms with Crippen molar-refractivity contribution in [2.75, 3.05) is 13.2 Å². The zero-order valence-electron chi connectivity index (χ0n) is 17.6. The molecule has 2 aliphatic carbocycles. The van der Waals surface area contributed by atoms with E-state index in [0.29, 0.717) is 18.3 Å². The number of hydrogen-bond acceptors (Lipinski definition) is 6. The largest absolute Gasteiger partial charge is 0.498 e. The predicted molar refractivity (Wildman–Crippen MR) is 110 cm³/mol. The van der Waals surface area contributed by atoms with Crippen LogP contribution in [-0.2, 0) is 19.3 Å². The number of fused-ring (bicyclic) bond motifs is 1. The predicted octanol–water partition coefficient (Wildman–Crippen LogP) is 3.04. The Balaban J connectivity index is 1.80. The van der Waals surface area contributed by atoms with Crippen LogP contribution < -0.4 is 5.73 Å². The molecule has 1 saturated carbocycles. The van der Waals surface area contributed by atoms with Gasteiger partial charge in [0.05, 0.1) is 35.7 Å². The minimum absolute atomic E-state index is 0.00249. The summed E-state index contributed by atoms with van der Waals surface area (Å²) in [5.41, 5.74) is 3.64. The van der Waals surface area contributed by atoms with Crippen LogP contribution in [0, 0.1) is 11.3 Å². The molecule has 2 aliphatic heterocycles. The van der Waals surface area contributed by atoms with Crippen molar-refractivity contribution in [1.82, 2.24) is 0 Å². The molecule has 0 aromatic rings. The average Bonchev–Trinajstić information content (AvgIpc) is 3.47. The fourth-order valence-electron chi connectivity index (χ4n) is 4.71. The Hall–Kier alpha value is -1.41. The standard InChI is InChI=1S/C21H31FN2O4S/c1-13-9-17-21(12-28-13,24-18(23)19(2,3)29(17,25)26)20(4)10-15(7-8-16(20)22)27-11-14-5-6-14/h7-8,13-14,17H,5-6,9-12H2,1-4H3,(H2,23,24)/t13-,17-,20?,21+/m1/s1. The molecule has 162 valence electrons. The van der Waals surface area contributed by atoms with Crippen LogP contribution in [0.1, 0.15) is 53.4 Å². The number of rotatable bonds is 4. The molecular formula is C21H31FN2O4S. The summed E-state index contributed by atoms with van der Waals surface area (Å²) in [5.74, 6) is 0.817. The third-order valence-electron chi connectivity index (χ3n) is 7.32. The number of amidine groups is 1. The van der Waals surface area contributed by atoms with Crippen LogP contribution in [0.3, 0.4) is 0 Å². The fraction of sp³-hybridized carbons (Fsp3) is 0.762. The number of allylic oxidation sites excluding steroid dienone is 3. The minimum atomic E-state index is -3.74. The molecule has 4 rings (SSSR count). The summed E-state index contributed by atoms with van der Waals surface area (Å²) in [6.07, 6.45) is 5.56. The highest BCUT2D eigenvalue weighted by atomic mass is 32.2. The Labute approximate surface area is 172 Å². The van der Waals surface area contributed by atoms with Crippen LogP contribution in [0.5, 0.6) is 0 Å². The molecular weight excluding hydrogens is 395 g/mol. The van der Waals surface area contributed by atoms with Crippen molar-refractivity contribution in [3.63, 3.8) is 0 Å². The Kier molecular flexibility index (Phi) is 4.70. The van der Waals surface area contributed by atoms with Crippen molar-refractivity contribution >= 4 is 15.7 Å². The monoisotopic (exact) mass is 426 g/mol. The van der Waals surface area contributed by atoms with Crippen LogP contribution in [-0.4, -0.2) is 49.1 Å². The van der Waals surface area contributed by atoms with Gasteiger partial charge in [0.2, 0.25) is 0 Å². The summed E-state index contributed by atoms with van der Waals surface area (Å²) in [6, 6.07) is 0. The molecule has 4 atom stereocenters. The van der Waals surface area contributed by atoms with Gasteiger partial charge in [0, 0.05) is 6.42 Å². The van der Waals surface area contributed by atoms with Crippen molar-refractivity contribution in [2.24, 2.45) is 22.1 Å². The third-order valence-corrected chi connectivity index (χ3v) is 10.3. The van der Waals surface area contributed by atoms with Crippen LogP contribution >= 0.6 is 0 Å². The summed E-state index contributed by atoms with van der Waals surface area (Å²) in [7, 11) is -3.74. The number of sulfone groups is 1. The molecule has 2 heterocycles. The van der Waals surface area contributed by atoms with Crippen LogP contribution in [0.25, 0.3) is 0 Å². The van der Waals surface area contributed by atoms with E-state index in [4.69, 9.17) is 20.2 Å². The van der Waals surface area contributed by atoms with E-state index >= 15 is 4.39 Å². The number of hydrogen-bond donors (Lipinski definition) is 1. The summed E-state index contributed by atoms with van der Waals surface area (Å²) in [6.45, 7) is 7.33. The molecule has 0 aromatic heterocycles. The van der Waals surface area contributed by atoms with E-state index in [9.17, 15) is 8.42 Å². The topological polar surface area (TPSA) is 91.0 Å². The zero-order valence-corrected chi connectivity index (χ0v) is 18.4. The molecule has 1 saturated heterocycles. The normalized spacial score (nSPS) is 40.9. The van der Waals surface area contributed by atoms with Crippen molar-refractivity contribution in [2.45, 2.75) is 75.0 Å². The second-order valence-corrected chi connectivity index (χ2v) is 12.4. The highest BCUT2D eigenvalue weighted by molar-refractivity contribution is 7.94. The van der Waals surface area contributed by atoms with Gasteiger partial charge in [-0.05, 0) is 58.1 Å². The smallest absolute Gasteiger partial charge is 0.168 e. The highest BCUT2D eigenvalue weighted by Gasteiger charge is 2.67. The third kappa shape index (κ3) is 2.97. The molecule has 29 heavy (non-hydrogen) atoms. The molecule has 0 aromatic carbocycles. The van der Waals surface area contributed by atoms with Gasteiger partial charge in [0.25, 0.3) is 0 Å². The first-order chi connectivity index (χ1) is 13.4. The second kappa shape index (κ2) is 6.54. The average molecular weight is 427 g/mol. The van der Waals surface area contributed by atoms with Crippen LogP contribution in [0.15, 0.2) is 28.7 Å². The van der Waals surface area contributed by atoms with Crippen molar-refractivity contribution < 1.29 is 22.3 Å². The molecule has 0 radical (unpaired) electrons. The van der Waals surface area contributed by atoms with Crippen LogP contribution in [0.4, 0.5) is 4.39 Å². The first-order valence-electron chi connectivity index (χ1n) is 10.3. The lowest BCUT2D eigenvalue weighted by atomic mass is 9.63. The van der Waals surface area contributed by atoms with Gasteiger partial charge in [-0.25, -0.2) is 12.8 Å². The Bertz CT molecular complexity index is 906. The molecule has 4 aliphatic rings. The van der Waals surface area contributed by atoms with Gasteiger partial charge in [-0.15, -0.1) is 0 Å². The second-order valence-electron chi connectivity index (χ2n) is 9.73. The first-order valence-corrected chi connectivity index (χ1v) is 11.9. The first kappa shape index (κ1) is 20.8. The summed E-state index contributed by atoms with van der Waals surface area (Å²) >= 11 is 0. The molecule has 0 spiro atoms. The van der Waals surface area contributed by atoms with Gasteiger partial charge in [-0.3, -0.25) is 4.99 Å². The zero-order chi connectivity index (χ0) is 21.2. The SMILES string of the molecule is C[C@@H]1C[C@@H]2[C@](C3(C)CC(OCC4CC4)=CC=C3F)(CO1)N=C(N)C(C)(C)S2(=O)=O. The Morgan fingerprint density at radius 3 is 2.66 bits per heavy atom. The number of ether oxygens (including phenoxy) is 2. The van der Waals surface area contributed by atoms with Crippen molar-refractivity contribution in [1.29, 1.82) is 0 Å². The number of aliphatic imine (C=N–C) groups is 1. The molecule has 6 nitrogen and oxygen atoms in total. The van der Waals surface area contributed by atoms with E-state index in [0.717, 1.165) is 12.8 Å². The number of nitrogens with two attached hydrogens (primary N) is 1. The van der Waals surface area contributed by atoms with Gasteiger partial charge >= 0.3 is 0 Å². The summed E-state index contributed by atoms with van der Waals surface area (Å²) < 4.78 is 53.2. The molecule has 2 fully saturated rings. The van der Waals surface area contributed by atoms with E-state index < -0.39 is 36.6 Å². The lowest BCUT2D eigenvalue weighted by Crippen LogP contribution is -2.71. The van der Waals surface area contributed by atoms with Gasteiger partial charge < -0.3 is 15.2 Å². The Morgan fingerprint density at radius 2 is 2.00 bits per heavy atom. The van der Waals surface area contributed by atoms with E-state index in [2.05, 4.69) is 0 Å². The van der Waals surface area contributed by atoms with E-state index in [1.807, 2.05) is 6.92 Å². The maximum absolute atomic E-state index is 15.4. The fourth-order valence-corrected chi connectivity index (χ4v) is 7.18. The lowest BCUT2D eigenvalue weighted by molar-refractivity contribution is -0.0592. The van der Waals surface area contributed by atoms with E-state index in [1.165, 1.54) is 6.08 Å². The maximum atomic E-state index is 15.4. The van der Waals surface area contributed by atoms with Gasteiger partial charge in [0.15, 0.2) is 9.84 Å². The van der Waals surface area contributed by atoms with Gasteiger partial charge in [-0.2, -0.15) is 0 Å². The quantitative estimate of drug-likeness (QED) is 0.746. The van der Waals surface area contributed by atoms with Gasteiger partial charge in [-0.1, -0.05) is 6.92 Å². The molecule has 1 unspecified atom stereocenters. The molecule has 0 amide bonds. The molecule has 2 N–H and O–H groups in total. The highest BCUT2D eigenvalue weighted by Crippen LogP contribution is 2.57. The van der Waals surface area contributed by atoms with Crippen molar-refractivity contribution in [3.05, 3.63) is 23.7 Å². The lowest BCUT2D eigenvalue weighted by Gasteiger charge is -2.56. The number of nitrogens with zero attached hydrogens (tertiary/aromatic N) is 1. The van der Waals surface area contributed by atoms with Crippen molar-refractivity contribution in [3.8, 4) is 0 Å². The van der Waals surface area contributed by atoms with Gasteiger partial charge in [0.1, 0.15) is 21.9 Å². The van der Waals surface area contributed by atoms with Crippen LogP contribution in [0.2, 0.25) is 0 Å². The number of halogens is 1. The maximum Gasteiger partial charge on any atom is 0.168 e. The van der Waals surface area contributed by atoms with E-state index in [-0.39, 0.29) is 31.4 Å². The molecule has 8 heteroatoms. The Morgan fingerprint density at radius 1 is 1.31 bits per heavy atom. The summed E-state index contributed by atoms with van der Waals surface area (Å²) in [5, 5.41) is -0.881.